The Kier molecular flexibility index (Phi) is 4.39. The average Bonchev–Trinajstić information content (AvgIpc) is 3.11. The number of hydrogen-bond donors (Lipinski definition) is 0. The molecule has 0 N–H and O–H groups in total. The van der Waals surface area contributed by atoms with Gasteiger partial charge in [-0.25, -0.2) is 4.98 Å². The lowest BCUT2D eigenvalue weighted by atomic mass is 9.96. The van der Waals surface area contributed by atoms with Crippen LogP contribution in [0.1, 0.15) is 16.7 Å². The molecule has 0 unspecified atom stereocenters. The van der Waals surface area contributed by atoms with Crippen LogP contribution < -0.4 is 0 Å². The summed E-state index contributed by atoms with van der Waals surface area (Å²) in [6, 6.07) is 23.2. The van der Waals surface area contributed by atoms with E-state index in [0.29, 0.717) is 0 Å². The Morgan fingerprint density at radius 3 is 2.04 bits per heavy atom. The molecule has 2 nitrogen and oxygen atoms in total. The molecule has 3 aromatic carbocycles. The van der Waals surface area contributed by atoms with Crippen LogP contribution in [0.15, 0.2) is 66.7 Å². The fourth-order valence-corrected chi connectivity index (χ4v) is 4.21. The first-order valence-electron chi connectivity index (χ1n) is 8.70. The van der Waals surface area contributed by atoms with E-state index in [-0.39, 0.29) is 0 Å². The smallest absolute Gasteiger partial charge is 0.173 e. The summed E-state index contributed by atoms with van der Waals surface area (Å²) >= 11 is 1.48. The molecule has 0 saturated heterocycles. The van der Waals surface area contributed by atoms with Gasteiger partial charge in [0.15, 0.2) is 5.82 Å². The summed E-state index contributed by atoms with van der Waals surface area (Å²) in [6.07, 6.45) is 0. The molecule has 128 valence electrons. The van der Waals surface area contributed by atoms with Gasteiger partial charge in [-0.2, -0.15) is 4.37 Å². The van der Waals surface area contributed by atoms with E-state index in [1.165, 1.54) is 44.9 Å². The quantitative estimate of drug-likeness (QED) is 0.421. The van der Waals surface area contributed by atoms with Crippen molar-refractivity contribution in [1.29, 1.82) is 0 Å². The molecular formula is C23H20N2S. The van der Waals surface area contributed by atoms with Crippen LogP contribution in [0.5, 0.6) is 0 Å². The van der Waals surface area contributed by atoms with Gasteiger partial charge in [0.1, 0.15) is 5.01 Å². The molecule has 4 aromatic rings. The molecule has 1 aromatic heterocycles. The Bertz CT molecular complexity index is 1040. The van der Waals surface area contributed by atoms with E-state index in [1.807, 2.05) is 18.2 Å². The molecule has 4 rings (SSSR count). The average molecular weight is 356 g/mol. The first kappa shape index (κ1) is 16.7. The second kappa shape index (κ2) is 6.85. The van der Waals surface area contributed by atoms with Crippen molar-refractivity contribution in [2.24, 2.45) is 0 Å². The molecule has 0 aliphatic carbocycles. The number of benzene rings is 3. The predicted molar refractivity (Wildman–Crippen MR) is 110 cm³/mol. The predicted octanol–water partition coefficient (Wildman–Crippen LogP) is 6.46. The molecule has 0 amide bonds. The highest BCUT2D eigenvalue weighted by Gasteiger charge is 2.15. The van der Waals surface area contributed by atoms with Gasteiger partial charge in [-0.15, -0.1) is 0 Å². The fraction of sp³-hybridized carbons (Fsp3) is 0.130. The maximum absolute atomic E-state index is 4.84. The SMILES string of the molecule is Cc1ccccc1-c1nsc(-c2c(C)cc(-c3ccccc3)cc2C)n1. The van der Waals surface area contributed by atoms with Crippen molar-refractivity contribution >= 4 is 11.5 Å². The third-order valence-corrected chi connectivity index (χ3v) is 5.40. The van der Waals surface area contributed by atoms with E-state index < -0.39 is 0 Å². The van der Waals surface area contributed by atoms with E-state index in [4.69, 9.17) is 4.98 Å². The van der Waals surface area contributed by atoms with E-state index in [0.717, 1.165) is 16.4 Å². The molecule has 0 aliphatic heterocycles. The van der Waals surface area contributed by atoms with Gasteiger partial charge >= 0.3 is 0 Å². The topological polar surface area (TPSA) is 25.8 Å². The second-order valence-corrected chi connectivity index (χ2v) is 7.34. The molecule has 3 heteroatoms. The molecule has 0 saturated carbocycles. The molecular weight excluding hydrogens is 336 g/mol. The van der Waals surface area contributed by atoms with Gasteiger partial charge in [-0.1, -0.05) is 66.7 Å². The molecule has 0 aliphatic rings. The van der Waals surface area contributed by atoms with Crippen LogP contribution in [0.2, 0.25) is 0 Å². The summed E-state index contributed by atoms with van der Waals surface area (Å²) in [7, 11) is 0. The standard InChI is InChI=1S/C23H20N2S/c1-15-9-7-8-12-20(15)22-24-23(26-25-22)21-16(2)13-19(14-17(21)3)18-10-5-4-6-11-18/h4-14H,1-3H3. The van der Waals surface area contributed by atoms with Crippen LogP contribution in [0.25, 0.3) is 33.1 Å². The molecule has 26 heavy (non-hydrogen) atoms. The van der Waals surface area contributed by atoms with Gasteiger partial charge in [0.2, 0.25) is 0 Å². The van der Waals surface area contributed by atoms with E-state index >= 15 is 0 Å². The molecule has 0 fully saturated rings. The highest BCUT2D eigenvalue weighted by molar-refractivity contribution is 7.09. The van der Waals surface area contributed by atoms with Crippen molar-refractivity contribution in [2.45, 2.75) is 20.8 Å². The summed E-state index contributed by atoms with van der Waals surface area (Å²) < 4.78 is 4.62. The van der Waals surface area contributed by atoms with Gasteiger partial charge in [0, 0.05) is 11.1 Å². The number of nitrogens with zero attached hydrogens (tertiary/aromatic N) is 2. The highest BCUT2D eigenvalue weighted by Crippen LogP contribution is 2.34. The Balaban J connectivity index is 1.77. The van der Waals surface area contributed by atoms with E-state index in [2.05, 4.69) is 73.7 Å². The maximum atomic E-state index is 4.84. The van der Waals surface area contributed by atoms with Gasteiger partial charge in [-0.3, -0.25) is 0 Å². The third-order valence-electron chi connectivity index (χ3n) is 4.67. The molecule has 1 heterocycles. The Morgan fingerprint density at radius 2 is 1.35 bits per heavy atom. The Hall–Kier alpha value is -2.78. The highest BCUT2D eigenvalue weighted by atomic mass is 32.1. The zero-order chi connectivity index (χ0) is 18.1. The first-order valence-corrected chi connectivity index (χ1v) is 9.47. The van der Waals surface area contributed by atoms with Crippen LogP contribution in [0, 0.1) is 20.8 Å². The molecule has 0 radical (unpaired) electrons. The van der Waals surface area contributed by atoms with Gasteiger partial charge in [-0.05, 0) is 60.1 Å². The molecule has 0 atom stereocenters. The van der Waals surface area contributed by atoms with E-state index in [1.54, 1.807) is 0 Å². The number of aromatic nitrogens is 2. The summed E-state index contributed by atoms with van der Waals surface area (Å²) in [5, 5.41) is 0.984. The number of rotatable bonds is 3. The minimum atomic E-state index is 0.814. The maximum Gasteiger partial charge on any atom is 0.173 e. The zero-order valence-corrected chi connectivity index (χ0v) is 16.0. The van der Waals surface area contributed by atoms with Crippen LogP contribution in [-0.4, -0.2) is 9.36 Å². The van der Waals surface area contributed by atoms with Crippen LogP contribution in [0.4, 0.5) is 0 Å². The van der Waals surface area contributed by atoms with Gasteiger partial charge in [0.25, 0.3) is 0 Å². The fourth-order valence-electron chi connectivity index (χ4n) is 3.36. The van der Waals surface area contributed by atoms with Gasteiger partial charge < -0.3 is 0 Å². The minimum absolute atomic E-state index is 0.814. The van der Waals surface area contributed by atoms with Crippen molar-refractivity contribution < 1.29 is 0 Å². The van der Waals surface area contributed by atoms with Gasteiger partial charge in [0.05, 0.1) is 0 Å². The minimum Gasteiger partial charge on any atom is -0.215 e. The summed E-state index contributed by atoms with van der Waals surface area (Å²) in [5.74, 6) is 0.814. The second-order valence-electron chi connectivity index (χ2n) is 6.59. The molecule has 0 spiro atoms. The Morgan fingerprint density at radius 1 is 0.692 bits per heavy atom. The third kappa shape index (κ3) is 3.06. The van der Waals surface area contributed by atoms with Crippen molar-refractivity contribution in [2.75, 3.05) is 0 Å². The van der Waals surface area contributed by atoms with Crippen LogP contribution in [-0.2, 0) is 0 Å². The van der Waals surface area contributed by atoms with Crippen molar-refractivity contribution in [3.05, 3.63) is 83.4 Å². The number of aryl methyl sites for hydroxylation is 3. The zero-order valence-electron chi connectivity index (χ0n) is 15.2. The van der Waals surface area contributed by atoms with E-state index in [9.17, 15) is 0 Å². The van der Waals surface area contributed by atoms with Crippen molar-refractivity contribution in [3.8, 4) is 33.1 Å². The lowest BCUT2D eigenvalue weighted by Gasteiger charge is -2.11. The largest absolute Gasteiger partial charge is 0.215 e. The lowest BCUT2D eigenvalue weighted by Crippen LogP contribution is -1.91. The normalized spacial score (nSPS) is 10.9. The first-order chi connectivity index (χ1) is 12.6. The summed E-state index contributed by atoms with van der Waals surface area (Å²) in [5.41, 5.74) is 8.45. The summed E-state index contributed by atoms with van der Waals surface area (Å²) in [4.78, 5) is 4.84. The van der Waals surface area contributed by atoms with Crippen LogP contribution >= 0.6 is 11.5 Å². The number of hydrogen-bond acceptors (Lipinski definition) is 3. The molecule has 0 bridgehead atoms. The monoisotopic (exact) mass is 356 g/mol. The van der Waals surface area contributed by atoms with Crippen molar-refractivity contribution in [1.82, 2.24) is 9.36 Å². The Labute approximate surface area is 158 Å². The lowest BCUT2D eigenvalue weighted by molar-refractivity contribution is 1.28. The van der Waals surface area contributed by atoms with Crippen molar-refractivity contribution in [3.63, 3.8) is 0 Å². The summed E-state index contributed by atoms with van der Waals surface area (Å²) in [6.45, 7) is 6.41. The van der Waals surface area contributed by atoms with Crippen LogP contribution in [0.3, 0.4) is 0 Å².